The SMILES string of the molecule is CC(=O)[C@H]1CSC(c2nc3cc4c(cc3s2)CC(C)(C)C=C4C)=N1. The van der Waals surface area contributed by atoms with E-state index in [0.29, 0.717) is 0 Å². The summed E-state index contributed by atoms with van der Waals surface area (Å²) in [6.07, 6.45) is 3.42. The third kappa shape index (κ3) is 2.74. The van der Waals surface area contributed by atoms with Gasteiger partial charge in [0.05, 0.1) is 10.2 Å². The fraction of sp³-hybridized carbons (Fsp3) is 0.421. The van der Waals surface area contributed by atoms with Crippen LogP contribution >= 0.6 is 23.1 Å². The number of rotatable bonds is 2. The topological polar surface area (TPSA) is 42.3 Å². The molecule has 124 valence electrons. The highest BCUT2D eigenvalue weighted by atomic mass is 32.2. The fourth-order valence-corrected chi connectivity index (χ4v) is 5.73. The zero-order valence-electron chi connectivity index (χ0n) is 14.3. The first kappa shape index (κ1) is 16.0. The number of aliphatic imine (C=N–C) groups is 1. The van der Waals surface area contributed by atoms with Crippen LogP contribution in [0.15, 0.2) is 23.2 Å². The minimum atomic E-state index is -0.198. The number of hydrogen-bond donors (Lipinski definition) is 0. The molecule has 2 heterocycles. The summed E-state index contributed by atoms with van der Waals surface area (Å²) in [5.41, 5.74) is 5.31. The lowest BCUT2D eigenvalue weighted by Gasteiger charge is -2.28. The van der Waals surface area contributed by atoms with Crippen molar-refractivity contribution >= 4 is 49.7 Å². The van der Waals surface area contributed by atoms with Gasteiger partial charge in [-0.05, 0) is 54.5 Å². The van der Waals surface area contributed by atoms with E-state index in [1.54, 1.807) is 30.0 Å². The normalized spacial score (nSPS) is 22.2. The van der Waals surface area contributed by atoms with Gasteiger partial charge in [-0.25, -0.2) is 4.98 Å². The molecule has 0 unspecified atom stereocenters. The number of benzene rings is 1. The van der Waals surface area contributed by atoms with Gasteiger partial charge in [0.1, 0.15) is 16.1 Å². The van der Waals surface area contributed by atoms with Crippen LogP contribution in [0.1, 0.15) is 43.8 Å². The van der Waals surface area contributed by atoms with Crippen LogP contribution in [-0.4, -0.2) is 27.6 Å². The number of allylic oxidation sites excluding steroid dienone is 2. The molecule has 5 heteroatoms. The second-order valence-corrected chi connectivity index (χ2v) is 9.40. The van der Waals surface area contributed by atoms with Crippen molar-refractivity contribution in [1.29, 1.82) is 0 Å². The predicted molar refractivity (Wildman–Crippen MR) is 104 cm³/mol. The summed E-state index contributed by atoms with van der Waals surface area (Å²) in [4.78, 5) is 20.9. The minimum Gasteiger partial charge on any atom is -0.298 e. The van der Waals surface area contributed by atoms with Crippen molar-refractivity contribution in [3.05, 3.63) is 34.3 Å². The predicted octanol–water partition coefficient (Wildman–Crippen LogP) is 4.73. The van der Waals surface area contributed by atoms with E-state index in [4.69, 9.17) is 4.98 Å². The van der Waals surface area contributed by atoms with Gasteiger partial charge in [0.25, 0.3) is 0 Å². The van der Waals surface area contributed by atoms with Crippen LogP contribution in [0.3, 0.4) is 0 Å². The lowest BCUT2D eigenvalue weighted by atomic mass is 9.76. The summed E-state index contributed by atoms with van der Waals surface area (Å²) in [7, 11) is 0. The summed E-state index contributed by atoms with van der Waals surface area (Å²) in [6, 6.07) is 4.32. The van der Waals surface area contributed by atoms with E-state index in [9.17, 15) is 4.79 Å². The number of aromatic nitrogens is 1. The Labute approximate surface area is 150 Å². The zero-order chi connectivity index (χ0) is 17.1. The lowest BCUT2D eigenvalue weighted by molar-refractivity contribution is -0.117. The Morgan fingerprint density at radius 2 is 2.12 bits per heavy atom. The average molecular weight is 357 g/mol. The molecule has 0 radical (unpaired) electrons. The van der Waals surface area contributed by atoms with Gasteiger partial charge >= 0.3 is 0 Å². The van der Waals surface area contributed by atoms with Crippen molar-refractivity contribution in [3.8, 4) is 0 Å². The smallest absolute Gasteiger partial charge is 0.155 e. The van der Waals surface area contributed by atoms with Crippen LogP contribution in [0, 0.1) is 5.41 Å². The maximum absolute atomic E-state index is 11.5. The summed E-state index contributed by atoms with van der Waals surface area (Å²) in [5, 5.41) is 1.86. The largest absolute Gasteiger partial charge is 0.298 e. The molecule has 1 aliphatic heterocycles. The molecule has 2 aliphatic rings. The van der Waals surface area contributed by atoms with Crippen LogP contribution < -0.4 is 0 Å². The average Bonchev–Trinajstić information content (AvgIpc) is 3.10. The quantitative estimate of drug-likeness (QED) is 0.781. The molecule has 1 aliphatic carbocycles. The Hall–Kier alpha value is -1.46. The number of carbonyl (C=O) groups is 1. The third-order valence-corrected chi connectivity index (χ3v) is 6.80. The monoisotopic (exact) mass is 356 g/mol. The number of nitrogens with zero attached hydrogens (tertiary/aromatic N) is 2. The Morgan fingerprint density at radius 1 is 1.33 bits per heavy atom. The molecule has 1 atom stereocenters. The van der Waals surface area contributed by atoms with Crippen molar-refractivity contribution in [1.82, 2.24) is 4.98 Å². The lowest BCUT2D eigenvalue weighted by Crippen LogP contribution is -2.17. The number of ketones is 1. The van der Waals surface area contributed by atoms with Crippen molar-refractivity contribution in [2.45, 2.75) is 40.2 Å². The Morgan fingerprint density at radius 3 is 2.83 bits per heavy atom. The highest BCUT2D eigenvalue weighted by Crippen LogP contribution is 2.39. The second-order valence-electron chi connectivity index (χ2n) is 7.36. The van der Waals surface area contributed by atoms with E-state index in [1.807, 2.05) is 0 Å². The van der Waals surface area contributed by atoms with Gasteiger partial charge in [0.15, 0.2) is 5.78 Å². The summed E-state index contributed by atoms with van der Waals surface area (Å²) in [5.74, 6) is 0.879. The van der Waals surface area contributed by atoms with E-state index in [-0.39, 0.29) is 17.2 Å². The molecule has 0 bridgehead atoms. The molecular weight excluding hydrogens is 336 g/mol. The molecule has 0 saturated heterocycles. The molecule has 0 spiro atoms. The maximum atomic E-state index is 11.5. The molecule has 2 aromatic rings. The Bertz CT molecular complexity index is 921. The summed E-state index contributed by atoms with van der Waals surface area (Å²) >= 11 is 3.33. The number of hydrogen-bond acceptors (Lipinski definition) is 5. The van der Waals surface area contributed by atoms with Crippen molar-refractivity contribution in [2.24, 2.45) is 10.4 Å². The highest BCUT2D eigenvalue weighted by Gasteiger charge is 2.27. The standard InChI is InChI=1S/C19H20N2OS2/c1-10-7-19(3,4)8-12-5-16-14(6-13(10)12)20-18(24-16)17-21-15(9-23-17)11(2)22/h5-7,15H,8-9H2,1-4H3/t15-/m1/s1. The summed E-state index contributed by atoms with van der Waals surface area (Å²) < 4.78 is 1.21. The number of thiazole rings is 1. The van der Waals surface area contributed by atoms with E-state index in [2.05, 4.69) is 44.0 Å². The van der Waals surface area contributed by atoms with Gasteiger partial charge in [-0.15, -0.1) is 23.1 Å². The molecule has 0 saturated carbocycles. The van der Waals surface area contributed by atoms with E-state index in [1.165, 1.54) is 21.4 Å². The van der Waals surface area contributed by atoms with Gasteiger partial charge in [-0.2, -0.15) is 0 Å². The molecular formula is C19H20N2OS2. The molecule has 0 fully saturated rings. The van der Waals surface area contributed by atoms with Crippen LogP contribution in [0.2, 0.25) is 0 Å². The van der Waals surface area contributed by atoms with E-state index < -0.39 is 0 Å². The van der Waals surface area contributed by atoms with Crippen LogP contribution in [0.25, 0.3) is 15.8 Å². The van der Waals surface area contributed by atoms with Crippen molar-refractivity contribution in [2.75, 3.05) is 5.75 Å². The minimum absolute atomic E-state index is 0.136. The zero-order valence-corrected chi connectivity index (χ0v) is 16.0. The number of carbonyl (C=O) groups excluding carboxylic acids is 1. The fourth-order valence-electron chi connectivity index (χ4n) is 3.53. The number of Topliss-reactive ketones (excluding diaryl/α,β-unsaturated/α-hetero) is 1. The first-order valence-electron chi connectivity index (χ1n) is 8.17. The second kappa shape index (κ2) is 5.53. The Balaban J connectivity index is 1.77. The molecule has 24 heavy (non-hydrogen) atoms. The first-order valence-corrected chi connectivity index (χ1v) is 9.97. The first-order chi connectivity index (χ1) is 11.3. The molecule has 3 nitrogen and oxygen atoms in total. The molecule has 1 aromatic heterocycles. The molecule has 4 rings (SSSR count). The summed E-state index contributed by atoms with van der Waals surface area (Å²) in [6.45, 7) is 8.37. The maximum Gasteiger partial charge on any atom is 0.155 e. The van der Waals surface area contributed by atoms with E-state index in [0.717, 1.165) is 27.7 Å². The van der Waals surface area contributed by atoms with Crippen LogP contribution in [0.4, 0.5) is 0 Å². The van der Waals surface area contributed by atoms with Crippen molar-refractivity contribution in [3.63, 3.8) is 0 Å². The Kier molecular flexibility index (Phi) is 3.69. The van der Waals surface area contributed by atoms with Crippen LogP contribution in [-0.2, 0) is 11.2 Å². The molecule has 0 N–H and O–H groups in total. The van der Waals surface area contributed by atoms with Gasteiger partial charge in [0.2, 0.25) is 0 Å². The third-order valence-electron chi connectivity index (χ3n) is 4.59. The van der Waals surface area contributed by atoms with Crippen molar-refractivity contribution < 1.29 is 4.79 Å². The van der Waals surface area contributed by atoms with Gasteiger partial charge in [-0.1, -0.05) is 19.9 Å². The van der Waals surface area contributed by atoms with Gasteiger partial charge < -0.3 is 0 Å². The number of thioether (sulfide) groups is 1. The van der Waals surface area contributed by atoms with Gasteiger partial charge in [-0.3, -0.25) is 9.79 Å². The molecule has 1 aromatic carbocycles. The number of fused-ring (bicyclic) bond motifs is 2. The molecule has 0 amide bonds. The highest BCUT2D eigenvalue weighted by molar-refractivity contribution is 8.15. The van der Waals surface area contributed by atoms with E-state index >= 15 is 0 Å². The van der Waals surface area contributed by atoms with Gasteiger partial charge in [0, 0.05) is 5.75 Å². The van der Waals surface area contributed by atoms with Crippen LogP contribution in [0.5, 0.6) is 0 Å².